The number of rotatable bonds is 20. The summed E-state index contributed by atoms with van der Waals surface area (Å²) in [6, 6.07) is 20.9. The molecule has 2 aliphatic carbocycles. The fourth-order valence-electron chi connectivity index (χ4n) is 8.77. The van der Waals surface area contributed by atoms with Crippen molar-refractivity contribution in [3.8, 4) is 11.5 Å². The summed E-state index contributed by atoms with van der Waals surface area (Å²) in [7, 11) is 1.70. The van der Waals surface area contributed by atoms with Crippen LogP contribution in [0.2, 0.25) is 0 Å². The molecule has 1 saturated carbocycles. The van der Waals surface area contributed by atoms with E-state index in [0.29, 0.717) is 36.7 Å². The van der Waals surface area contributed by atoms with E-state index in [9.17, 15) is 15.0 Å². The lowest BCUT2D eigenvalue weighted by molar-refractivity contribution is -0.253. The van der Waals surface area contributed by atoms with Gasteiger partial charge in [-0.15, -0.1) is 18.2 Å². The average Bonchev–Trinajstić information content (AvgIpc) is 3.23. The van der Waals surface area contributed by atoms with Crippen LogP contribution in [0.15, 0.2) is 96.2 Å². The van der Waals surface area contributed by atoms with Gasteiger partial charge in [0, 0.05) is 43.9 Å². The van der Waals surface area contributed by atoms with E-state index < -0.39 is 23.8 Å². The van der Waals surface area contributed by atoms with Crippen LogP contribution < -0.4 is 9.47 Å². The molecule has 1 aliphatic heterocycles. The van der Waals surface area contributed by atoms with Crippen molar-refractivity contribution in [3.05, 3.63) is 114 Å². The largest absolute Gasteiger partial charge is 0.487 e. The Balaban J connectivity index is 1.52. The zero-order valence-corrected chi connectivity index (χ0v) is 33.8. The van der Waals surface area contributed by atoms with Gasteiger partial charge in [0.25, 0.3) is 0 Å². The predicted molar refractivity (Wildman–Crippen MR) is 219 cm³/mol. The van der Waals surface area contributed by atoms with Crippen molar-refractivity contribution in [1.29, 1.82) is 0 Å². The van der Waals surface area contributed by atoms with Gasteiger partial charge in [0.15, 0.2) is 0 Å². The minimum atomic E-state index is -1.38. The molecule has 2 N–H and O–H groups in total. The molecule has 0 radical (unpaired) electrons. The number of carbonyl (C=O) groups is 1. The number of oxime groups is 1. The van der Waals surface area contributed by atoms with Gasteiger partial charge in [0.1, 0.15) is 37.4 Å². The summed E-state index contributed by atoms with van der Waals surface area (Å²) in [4.78, 5) is 26.0. The van der Waals surface area contributed by atoms with E-state index in [4.69, 9.17) is 40.5 Å². The summed E-state index contributed by atoms with van der Waals surface area (Å²) in [5, 5.41) is 24.6. The molecule has 3 aromatic rings. The van der Waals surface area contributed by atoms with Crippen molar-refractivity contribution in [3.63, 3.8) is 0 Å². The molecule has 0 spiro atoms. The molecule has 2 aromatic carbocycles. The highest BCUT2D eigenvalue weighted by Gasteiger charge is 2.65. The second kappa shape index (κ2) is 20.3. The van der Waals surface area contributed by atoms with Crippen LogP contribution in [-0.4, -0.2) is 83.1 Å². The SMILES string of the molecule is C=CCOC12Oc3ccc(OCc4cccc(C)n4)cc3C3C(CCCCO)C(CCCCO)C=C(C(=NOCc4ccccc4)CC1N(C)C(=O)OCCCl)C32. The van der Waals surface area contributed by atoms with Gasteiger partial charge in [0.2, 0.25) is 5.79 Å². The molecule has 3 aliphatic rings. The third kappa shape index (κ3) is 9.83. The number of nitrogens with zero attached hydrogens (tertiary/aromatic N) is 3. The zero-order valence-electron chi connectivity index (χ0n) is 33.1. The molecule has 0 bridgehead atoms. The molecule has 0 saturated heterocycles. The fraction of sp³-hybridized carbons (Fsp3) is 0.489. The maximum Gasteiger partial charge on any atom is 0.410 e. The summed E-state index contributed by atoms with van der Waals surface area (Å²) in [6.07, 6.45) is 8.37. The Hall–Kier alpha value is -4.42. The monoisotopic (exact) mass is 801 g/mol. The minimum Gasteiger partial charge on any atom is -0.487 e. The van der Waals surface area contributed by atoms with E-state index >= 15 is 0 Å². The number of aryl methyl sites for hydroxylation is 1. The molecule has 6 atom stereocenters. The molecular weight excluding hydrogens is 746 g/mol. The molecule has 1 amide bonds. The van der Waals surface area contributed by atoms with Gasteiger partial charge in [-0.25, -0.2) is 4.79 Å². The van der Waals surface area contributed by atoms with Crippen LogP contribution in [0.3, 0.4) is 0 Å². The van der Waals surface area contributed by atoms with Crippen LogP contribution in [0.1, 0.15) is 73.4 Å². The number of carbonyl (C=O) groups excluding carboxylic acids is 1. The van der Waals surface area contributed by atoms with E-state index in [0.717, 1.165) is 53.8 Å². The van der Waals surface area contributed by atoms with Gasteiger partial charge in [-0.1, -0.05) is 66.5 Å². The van der Waals surface area contributed by atoms with Crippen LogP contribution >= 0.6 is 11.6 Å². The van der Waals surface area contributed by atoms with E-state index in [-0.39, 0.29) is 63.1 Å². The summed E-state index contributed by atoms with van der Waals surface area (Å²) >= 11 is 5.96. The zero-order chi connectivity index (χ0) is 40.2. The number of hydrogen-bond acceptors (Lipinski definition) is 10. The second-order valence-electron chi connectivity index (χ2n) is 15.0. The predicted octanol–water partition coefficient (Wildman–Crippen LogP) is 8.11. The Kier molecular flexibility index (Phi) is 15.0. The second-order valence-corrected chi connectivity index (χ2v) is 15.4. The maximum absolute atomic E-state index is 13.7. The number of allylic oxidation sites excluding steroid dienone is 1. The molecule has 1 aromatic heterocycles. The van der Waals surface area contributed by atoms with Crippen molar-refractivity contribution in [2.24, 2.45) is 22.9 Å². The van der Waals surface area contributed by atoms with Crippen LogP contribution in [0, 0.1) is 24.7 Å². The molecule has 6 rings (SSSR count). The van der Waals surface area contributed by atoms with Gasteiger partial charge in [-0.2, -0.15) is 0 Å². The van der Waals surface area contributed by atoms with Gasteiger partial charge >= 0.3 is 6.09 Å². The van der Waals surface area contributed by atoms with Crippen LogP contribution in [0.5, 0.6) is 11.5 Å². The molecule has 12 heteroatoms. The molecule has 306 valence electrons. The van der Waals surface area contributed by atoms with Crippen molar-refractivity contribution in [2.75, 3.05) is 39.4 Å². The van der Waals surface area contributed by atoms with Crippen molar-refractivity contribution < 1.29 is 38.8 Å². The molecule has 2 heterocycles. The first-order chi connectivity index (χ1) is 27.8. The number of hydrogen-bond donors (Lipinski definition) is 2. The molecule has 6 unspecified atom stereocenters. The Morgan fingerprint density at radius 2 is 1.84 bits per heavy atom. The smallest absolute Gasteiger partial charge is 0.410 e. The Morgan fingerprint density at radius 1 is 1.05 bits per heavy atom. The molecule has 1 fully saturated rings. The van der Waals surface area contributed by atoms with Gasteiger partial charge in [0.05, 0.1) is 29.8 Å². The fourth-order valence-corrected chi connectivity index (χ4v) is 8.85. The van der Waals surface area contributed by atoms with E-state index in [1.807, 2.05) is 67.6 Å². The summed E-state index contributed by atoms with van der Waals surface area (Å²) < 4.78 is 26.1. The third-order valence-corrected chi connectivity index (χ3v) is 11.4. The normalized spacial score (nSPS) is 24.1. The lowest BCUT2D eigenvalue weighted by Crippen LogP contribution is -2.69. The minimum absolute atomic E-state index is 0.0449. The number of halogens is 1. The van der Waals surface area contributed by atoms with E-state index in [2.05, 4.69) is 23.7 Å². The summed E-state index contributed by atoms with van der Waals surface area (Å²) in [5.74, 6) is -0.387. The number of aliphatic hydroxyl groups is 2. The first-order valence-corrected chi connectivity index (χ1v) is 20.6. The number of alkyl halides is 1. The van der Waals surface area contributed by atoms with Crippen LogP contribution in [0.25, 0.3) is 0 Å². The number of amides is 1. The van der Waals surface area contributed by atoms with E-state index in [1.165, 1.54) is 0 Å². The topological polar surface area (TPSA) is 132 Å². The van der Waals surface area contributed by atoms with Crippen molar-refractivity contribution in [1.82, 2.24) is 9.88 Å². The quantitative estimate of drug-likeness (QED) is 0.0504. The number of unbranched alkanes of at least 4 members (excludes halogenated alkanes) is 2. The number of likely N-dealkylation sites (N-methyl/N-ethyl adjacent to an activating group) is 1. The first kappa shape index (κ1) is 42.2. The standard InChI is InChI=1S/C45H56ClN3O8/c1-4-24-55-45-41(49(3)44(52)53-25-21-46)28-39(48-56-29-32-14-6-5-7-15-32)37-26-33(16-8-10-22-50)36(18-9-11-23-51)42(43(37)45)38-27-35(19-20-40(38)57-45)54-30-34-17-12-13-31(2)47-34/h4-7,12-15,17,19-20,26-27,33,36,41-43,50-51H,1,8-11,16,18,21-25,28-30H2,2-3H3. The highest BCUT2D eigenvalue weighted by molar-refractivity contribution is 6.18. The number of benzene rings is 2. The number of ether oxygens (including phenoxy) is 4. The molecule has 11 nitrogen and oxygen atoms in total. The molecular formula is C45H56ClN3O8. The number of aromatic nitrogens is 1. The number of pyridine rings is 1. The van der Waals surface area contributed by atoms with Crippen molar-refractivity contribution in [2.45, 2.75) is 82.8 Å². The van der Waals surface area contributed by atoms with Crippen LogP contribution in [0.4, 0.5) is 4.79 Å². The Morgan fingerprint density at radius 3 is 2.58 bits per heavy atom. The maximum atomic E-state index is 13.7. The Labute approximate surface area is 341 Å². The third-order valence-electron chi connectivity index (χ3n) is 11.3. The molecule has 57 heavy (non-hydrogen) atoms. The lowest BCUT2D eigenvalue weighted by Gasteiger charge is -2.59. The highest BCUT2D eigenvalue weighted by Crippen LogP contribution is 2.61. The van der Waals surface area contributed by atoms with Crippen LogP contribution in [-0.2, 0) is 27.5 Å². The van der Waals surface area contributed by atoms with Gasteiger partial charge < -0.3 is 38.9 Å². The summed E-state index contributed by atoms with van der Waals surface area (Å²) in [5.41, 5.74) is 5.33. The first-order valence-electron chi connectivity index (χ1n) is 20.1. The van der Waals surface area contributed by atoms with Gasteiger partial charge in [-0.05, 0) is 85.9 Å². The van der Waals surface area contributed by atoms with Crippen molar-refractivity contribution >= 4 is 23.4 Å². The lowest BCUT2D eigenvalue weighted by atomic mass is 9.55. The number of fused-ring (bicyclic) bond motifs is 2. The number of aliphatic hydroxyl groups excluding tert-OH is 2. The average molecular weight is 802 g/mol. The van der Waals surface area contributed by atoms with E-state index in [1.54, 1.807) is 18.0 Å². The van der Waals surface area contributed by atoms with Gasteiger partial charge in [-0.3, -0.25) is 4.98 Å². The Bertz CT molecular complexity index is 1860. The summed E-state index contributed by atoms with van der Waals surface area (Å²) in [6.45, 7) is 6.92. The highest BCUT2D eigenvalue weighted by atomic mass is 35.5.